The number of benzene rings is 1. The van der Waals surface area contributed by atoms with Gasteiger partial charge in [-0.1, -0.05) is 18.2 Å². The topological polar surface area (TPSA) is 130 Å². The molecule has 1 heterocycles. The van der Waals surface area contributed by atoms with Crippen molar-refractivity contribution in [1.82, 2.24) is 25.2 Å². The minimum atomic E-state index is -3.87. The number of rotatable bonds is 8. The Morgan fingerprint density at radius 2 is 1.56 bits per heavy atom. The van der Waals surface area contributed by atoms with Crippen LogP contribution in [-0.4, -0.2) is 64.1 Å². The Bertz CT molecular complexity index is 862. The molecule has 0 atom stereocenters. The lowest BCUT2D eigenvalue weighted by Crippen LogP contribution is -2.43. The predicted octanol–water partition coefficient (Wildman–Crippen LogP) is -0.608. The Labute approximate surface area is 157 Å². The molecule has 0 radical (unpaired) electrons. The second kappa shape index (κ2) is 8.60. The molecule has 12 heteroatoms. The molecule has 146 valence electrons. The Balaban J connectivity index is 1.97. The van der Waals surface area contributed by atoms with Crippen molar-refractivity contribution in [3.8, 4) is 6.01 Å². The van der Waals surface area contributed by atoms with Gasteiger partial charge in [-0.2, -0.15) is 15.0 Å². The van der Waals surface area contributed by atoms with E-state index in [0.717, 1.165) is 0 Å². The third kappa shape index (κ3) is 5.76. The summed E-state index contributed by atoms with van der Waals surface area (Å²) in [5.41, 5.74) is 2.07. The van der Waals surface area contributed by atoms with Crippen LogP contribution in [0.25, 0.3) is 0 Å². The zero-order chi connectivity index (χ0) is 20.0. The Morgan fingerprint density at radius 3 is 2.07 bits per heavy atom. The quantitative estimate of drug-likeness (QED) is 0.562. The van der Waals surface area contributed by atoms with E-state index >= 15 is 0 Å². The molecule has 0 unspecified atom stereocenters. The number of carbonyl (C=O) groups is 1. The van der Waals surface area contributed by atoms with Gasteiger partial charge >= 0.3 is 6.01 Å². The molecule has 2 rings (SSSR count). The standard InChI is InChI=1S/C15H21N7O4S/c1-21(2)13-16-14(22(3)4)18-15(17-13)26-10-12(23)19-20-27(24,25)11-8-6-5-7-9-11/h5-9,20H,10H2,1-4H3,(H,19,23). The molecule has 0 saturated carbocycles. The molecule has 0 aliphatic rings. The maximum atomic E-state index is 12.0. The van der Waals surface area contributed by atoms with Crippen LogP contribution in [0.3, 0.4) is 0 Å². The highest BCUT2D eigenvalue weighted by Gasteiger charge is 2.16. The lowest BCUT2D eigenvalue weighted by molar-refractivity contribution is -0.123. The largest absolute Gasteiger partial charge is 0.453 e. The number of nitrogens with one attached hydrogen (secondary N) is 2. The maximum absolute atomic E-state index is 12.0. The van der Waals surface area contributed by atoms with Gasteiger partial charge in [0.05, 0.1) is 4.90 Å². The molecule has 2 N–H and O–H groups in total. The van der Waals surface area contributed by atoms with E-state index < -0.39 is 22.5 Å². The van der Waals surface area contributed by atoms with Crippen molar-refractivity contribution in [2.45, 2.75) is 4.90 Å². The minimum Gasteiger partial charge on any atom is -0.453 e. The van der Waals surface area contributed by atoms with Gasteiger partial charge in [0, 0.05) is 28.2 Å². The van der Waals surface area contributed by atoms with Gasteiger partial charge in [-0.25, -0.2) is 8.42 Å². The van der Waals surface area contributed by atoms with Crippen LogP contribution < -0.4 is 24.8 Å². The number of amides is 1. The van der Waals surface area contributed by atoms with Crippen LogP contribution in [0.4, 0.5) is 11.9 Å². The Kier molecular flexibility index (Phi) is 6.47. The van der Waals surface area contributed by atoms with Crippen LogP contribution in [0, 0.1) is 0 Å². The fourth-order valence-electron chi connectivity index (χ4n) is 1.75. The third-order valence-electron chi connectivity index (χ3n) is 3.10. The van der Waals surface area contributed by atoms with Crippen molar-refractivity contribution in [2.24, 2.45) is 0 Å². The smallest absolute Gasteiger partial charge is 0.323 e. The van der Waals surface area contributed by atoms with E-state index in [0.29, 0.717) is 11.9 Å². The van der Waals surface area contributed by atoms with Crippen molar-refractivity contribution in [3.63, 3.8) is 0 Å². The molecule has 0 spiro atoms. The first-order chi connectivity index (χ1) is 12.7. The zero-order valence-corrected chi connectivity index (χ0v) is 16.2. The van der Waals surface area contributed by atoms with Crippen LogP contribution in [-0.2, 0) is 14.8 Å². The van der Waals surface area contributed by atoms with Crippen LogP contribution in [0.2, 0.25) is 0 Å². The molecule has 0 fully saturated rings. The second-order valence-electron chi connectivity index (χ2n) is 5.76. The fourth-order valence-corrected chi connectivity index (χ4v) is 2.63. The van der Waals surface area contributed by atoms with Gasteiger partial charge in [-0.3, -0.25) is 10.2 Å². The van der Waals surface area contributed by atoms with Gasteiger partial charge in [0.15, 0.2) is 6.61 Å². The fraction of sp³-hybridized carbons (Fsp3) is 0.333. The van der Waals surface area contributed by atoms with Gasteiger partial charge in [0.2, 0.25) is 11.9 Å². The van der Waals surface area contributed by atoms with Crippen LogP contribution >= 0.6 is 0 Å². The summed E-state index contributed by atoms with van der Waals surface area (Å²) < 4.78 is 29.3. The molecule has 1 aromatic carbocycles. The van der Waals surface area contributed by atoms with E-state index in [1.54, 1.807) is 56.2 Å². The third-order valence-corrected chi connectivity index (χ3v) is 4.37. The monoisotopic (exact) mass is 395 g/mol. The highest BCUT2D eigenvalue weighted by molar-refractivity contribution is 7.89. The summed E-state index contributed by atoms with van der Waals surface area (Å²) in [5, 5.41) is 0. The highest BCUT2D eigenvalue weighted by Crippen LogP contribution is 2.14. The number of aromatic nitrogens is 3. The molecular weight excluding hydrogens is 374 g/mol. The van der Waals surface area contributed by atoms with Crippen molar-refractivity contribution in [3.05, 3.63) is 30.3 Å². The predicted molar refractivity (Wildman–Crippen MR) is 98.9 cm³/mol. The first kappa shape index (κ1) is 20.3. The van der Waals surface area contributed by atoms with Gasteiger partial charge in [-0.05, 0) is 12.1 Å². The van der Waals surface area contributed by atoms with Crippen LogP contribution in [0.15, 0.2) is 35.2 Å². The van der Waals surface area contributed by atoms with Gasteiger partial charge in [0.1, 0.15) is 0 Å². The summed E-state index contributed by atoms with van der Waals surface area (Å²) >= 11 is 0. The van der Waals surface area contributed by atoms with Crippen molar-refractivity contribution >= 4 is 27.8 Å². The number of ether oxygens (including phenoxy) is 1. The lowest BCUT2D eigenvalue weighted by atomic mass is 10.4. The molecule has 2 aromatic rings. The summed E-state index contributed by atoms with van der Waals surface area (Å²) in [7, 11) is 3.15. The SMILES string of the molecule is CN(C)c1nc(OCC(=O)NNS(=O)(=O)c2ccccc2)nc(N(C)C)n1. The molecule has 1 aromatic heterocycles. The van der Waals surface area contributed by atoms with Crippen LogP contribution in [0.1, 0.15) is 0 Å². The van der Waals surface area contributed by atoms with E-state index in [1.165, 1.54) is 12.1 Å². The molecule has 0 bridgehead atoms. The maximum Gasteiger partial charge on any atom is 0.323 e. The molecule has 27 heavy (non-hydrogen) atoms. The number of hydrazine groups is 1. The van der Waals surface area contributed by atoms with E-state index in [9.17, 15) is 13.2 Å². The number of nitrogens with zero attached hydrogens (tertiary/aromatic N) is 5. The summed E-state index contributed by atoms with van der Waals surface area (Å²) in [5.74, 6) is -0.00417. The lowest BCUT2D eigenvalue weighted by Gasteiger charge is -2.16. The number of sulfonamides is 1. The zero-order valence-electron chi connectivity index (χ0n) is 15.4. The molecule has 11 nitrogen and oxygen atoms in total. The molecule has 1 amide bonds. The second-order valence-corrected chi connectivity index (χ2v) is 7.44. The number of hydrogen-bond donors (Lipinski definition) is 2. The number of carbonyl (C=O) groups excluding carboxylic acids is 1. The highest BCUT2D eigenvalue weighted by atomic mass is 32.2. The number of hydrogen-bond acceptors (Lipinski definition) is 9. The summed E-state index contributed by atoms with van der Waals surface area (Å²) in [6.45, 7) is -0.485. The first-order valence-corrected chi connectivity index (χ1v) is 9.26. The van der Waals surface area contributed by atoms with Gasteiger partial charge in [0.25, 0.3) is 15.9 Å². The van der Waals surface area contributed by atoms with Gasteiger partial charge < -0.3 is 14.5 Å². The number of anilines is 2. The molecule has 0 saturated heterocycles. The Morgan fingerprint density at radius 1 is 1.00 bits per heavy atom. The van der Waals surface area contributed by atoms with Gasteiger partial charge in [-0.15, -0.1) is 4.83 Å². The minimum absolute atomic E-state index is 0.0231. The average Bonchev–Trinajstić information content (AvgIpc) is 2.65. The molecular formula is C15H21N7O4S. The summed E-state index contributed by atoms with van der Waals surface area (Å²) in [6.07, 6.45) is 0. The van der Waals surface area contributed by atoms with E-state index in [4.69, 9.17) is 4.74 Å². The van der Waals surface area contributed by atoms with Crippen LogP contribution in [0.5, 0.6) is 6.01 Å². The van der Waals surface area contributed by atoms with Crippen molar-refractivity contribution in [2.75, 3.05) is 44.6 Å². The van der Waals surface area contributed by atoms with E-state index in [1.807, 2.05) is 4.83 Å². The van der Waals surface area contributed by atoms with Crippen molar-refractivity contribution < 1.29 is 17.9 Å². The summed E-state index contributed by atoms with van der Waals surface area (Å²) in [6, 6.07) is 7.58. The first-order valence-electron chi connectivity index (χ1n) is 7.78. The summed E-state index contributed by atoms with van der Waals surface area (Å²) in [4.78, 5) is 29.6. The molecule has 0 aliphatic carbocycles. The van der Waals surface area contributed by atoms with Crippen molar-refractivity contribution in [1.29, 1.82) is 0 Å². The Hall–Kier alpha value is -2.99. The average molecular weight is 395 g/mol. The normalized spacial score (nSPS) is 11.0. The van der Waals surface area contributed by atoms with E-state index in [-0.39, 0.29) is 10.9 Å². The van der Waals surface area contributed by atoms with E-state index in [2.05, 4.69) is 20.4 Å². The molecule has 0 aliphatic heterocycles.